The Morgan fingerprint density at radius 3 is 2.87 bits per heavy atom. The van der Waals surface area contributed by atoms with Gasteiger partial charge in [-0.2, -0.15) is 0 Å². The smallest absolute Gasteiger partial charge is 0.157 e. The molecule has 120 valence electrons. The van der Waals surface area contributed by atoms with Crippen LogP contribution in [-0.4, -0.2) is 27.6 Å². The lowest BCUT2D eigenvalue weighted by Gasteiger charge is -2.22. The molecule has 1 saturated heterocycles. The second-order valence-electron chi connectivity index (χ2n) is 6.18. The predicted molar refractivity (Wildman–Crippen MR) is 95.3 cm³/mol. The first kappa shape index (κ1) is 15.2. The minimum Gasteiger partial charge on any atom is -0.330 e. The average molecular weight is 349 g/mol. The molecular weight excluding hydrogens is 331 g/mol. The molecule has 23 heavy (non-hydrogen) atoms. The SMILES string of the molecule is Clc1ccc2nc(Cl)c3ncn(CCC4CCNCC4)c3c2c1. The molecular formula is C17H18Cl2N4. The van der Waals surface area contributed by atoms with Crippen molar-refractivity contribution in [2.24, 2.45) is 5.92 Å². The van der Waals surface area contributed by atoms with E-state index < -0.39 is 0 Å². The Kier molecular flexibility index (Phi) is 4.14. The van der Waals surface area contributed by atoms with E-state index in [1.54, 1.807) is 0 Å². The number of nitrogens with one attached hydrogen (secondary N) is 1. The van der Waals surface area contributed by atoms with E-state index >= 15 is 0 Å². The molecule has 0 bridgehead atoms. The standard InChI is InChI=1S/C17H18Cl2N4/c18-12-1-2-14-13(9-12)16-15(17(19)22-14)21-10-23(16)8-5-11-3-6-20-7-4-11/h1-2,9-11,20H,3-8H2. The summed E-state index contributed by atoms with van der Waals surface area (Å²) in [4.78, 5) is 8.91. The highest BCUT2D eigenvalue weighted by Crippen LogP contribution is 2.30. The minimum atomic E-state index is 0.454. The maximum absolute atomic E-state index is 6.31. The number of aromatic nitrogens is 3. The summed E-state index contributed by atoms with van der Waals surface area (Å²) >= 11 is 12.5. The predicted octanol–water partition coefficient (Wildman–Crippen LogP) is 4.28. The monoisotopic (exact) mass is 348 g/mol. The van der Waals surface area contributed by atoms with E-state index in [4.69, 9.17) is 23.2 Å². The number of hydrogen-bond donors (Lipinski definition) is 1. The Bertz CT molecular complexity index is 853. The van der Waals surface area contributed by atoms with Crippen LogP contribution in [0.15, 0.2) is 24.5 Å². The van der Waals surface area contributed by atoms with Crippen LogP contribution < -0.4 is 5.32 Å². The fourth-order valence-corrected chi connectivity index (χ4v) is 3.83. The van der Waals surface area contributed by atoms with Crippen molar-refractivity contribution in [1.29, 1.82) is 0 Å². The highest BCUT2D eigenvalue weighted by atomic mass is 35.5. The molecule has 3 aromatic rings. The summed E-state index contributed by atoms with van der Waals surface area (Å²) in [6, 6.07) is 5.70. The van der Waals surface area contributed by atoms with Gasteiger partial charge in [-0.15, -0.1) is 0 Å². The van der Waals surface area contributed by atoms with Crippen molar-refractivity contribution in [1.82, 2.24) is 19.9 Å². The van der Waals surface area contributed by atoms with Gasteiger partial charge in [0.25, 0.3) is 0 Å². The zero-order chi connectivity index (χ0) is 15.8. The molecule has 4 nitrogen and oxygen atoms in total. The van der Waals surface area contributed by atoms with E-state index in [2.05, 4.69) is 19.9 Å². The van der Waals surface area contributed by atoms with Crippen molar-refractivity contribution >= 4 is 45.1 Å². The molecule has 0 radical (unpaired) electrons. The third-order valence-electron chi connectivity index (χ3n) is 4.70. The van der Waals surface area contributed by atoms with Crippen LogP contribution in [0.5, 0.6) is 0 Å². The van der Waals surface area contributed by atoms with Gasteiger partial charge in [0.15, 0.2) is 5.15 Å². The maximum Gasteiger partial charge on any atom is 0.157 e. The number of aryl methyl sites for hydroxylation is 1. The van der Waals surface area contributed by atoms with E-state index in [1.807, 2.05) is 24.5 Å². The first-order valence-corrected chi connectivity index (χ1v) is 8.78. The molecule has 6 heteroatoms. The third kappa shape index (κ3) is 2.91. The Balaban J connectivity index is 1.74. The second kappa shape index (κ2) is 6.27. The van der Waals surface area contributed by atoms with Crippen LogP contribution in [0, 0.1) is 5.92 Å². The number of nitrogens with zero attached hydrogens (tertiary/aromatic N) is 3. The minimum absolute atomic E-state index is 0.454. The van der Waals surface area contributed by atoms with Crippen LogP contribution in [0.4, 0.5) is 0 Å². The first-order valence-electron chi connectivity index (χ1n) is 8.02. The molecule has 3 heterocycles. The van der Waals surface area contributed by atoms with Gasteiger partial charge in [0.1, 0.15) is 5.52 Å². The molecule has 0 saturated carbocycles. The number of pyridine rings is 1. The molecule has 0 atom stereocenters. The molecule has 0 amide bonds. The molecule has 0 aliphatic carbocycles. The normalized spacial score (nSPS) is 16.4. The van der Waals surface area contributed by atoms with Crippen molar-refractivity contribution in [3.8, 4) is 0 Å². The van der Waals surface area contributed by atoms with Crippen LogP contribution >= 0.6 is 23.2 Å². The number of halogens is 2. The van der Waals surface area contributed by atoms with Gasteiger partial charge < -0.3 is 9.88 Å². The molecule has 0 spiro atoms. The van der Waals surface area contributed by atoms with E-state index in [-0.39, 0.29) is 0 Å². The summed E-state index contributed by atoms with van der Waals surface area (Å²) in [6.45, 7) is 3.20. The van der Waals surface area contributed by atoms with Crippen LogP contribution in [0.25, 0.3) is 21.9 Å². The summed E-state index contributed by atoms with van der Waals surface area (Å²) in [5.41, 5.74) is 2.65. The maximum atomic E-state index is 6.31. The average Bonchev–Trinajstić information content (AvgIpc) is 3.00. The van der Waals surface area contributed by atoms with Gasteiger partial charge in [0.2, 0.25) is 0 Å². The molecule has 0 unspecified atom stereocenters. The molecule has 2 aromatic heterocycles. The topological polar surface area (TPSA) is 42.7 Å². The number of rotatable bonds is 3. The number of benzene rings is 1. The van der Waals surface area contributed by atoms with E-state index in [0.717, 1.165) is 53.9 Å². The highest BCUT2D eigenvalue weighted by molar-refractivity contribution is 6.35. The number of fused-ring (bicyclic) bond motifs is 3. The summed E-state index contributed by atoms with van der Waals surface area (Å²) in [5, 5.41) is 5.59. The van der Waals surface area contributed by atoms with Gasteiger partial charge in [-0.1, -0.05) is 23.2 Å². The molecule has 1 fully saturated rings. The van der Waals surface area contributed by atoms with Gasteiger partial charge >= 0.3 is 0 Å². The molecule has 1 aliphatic rings. The number of piperidine rings is 1. The van der Waals surface area contributed by atoms with Gasteiger partial charge in [-0.05, 0) is 56.5 Å². The van der Waals surface area contributed by atoms with Crippen LogP contribution in [0.2, 0.25) is 10.2 Å². The van der Waals surface area contributed by atoms with Crippen LogP contribution in [-0.2, 0) is 6.54 Å². The van der Waals surface area contributed by atoms with Gasteiger partial charge in [-0.25, -0.2) is 9.97 Å². The zero-order valence-electron chi connectivity index (χ0n) is 12.7. The van der Waals surface area contributed by atoms with Gasteiger partial charge in [0.05, 0.1) is 17.4 Å². The third-order valence-corrected chi connectivity index (χ3v) is 5.20. The van der Waals surface area contributed by atoms with Crippen molar-refractivity contribution < 1.29 is 0 Å². The molecule has 1 aliphatic heterocycles. The molecule has 1 N–H and O–H groups in total. The quantitative estimate of drug-likeness (QED) is 0.718. The molecule has 1 aromatic carbocycles. The fraction of sp³-hybridized carbons (Fsp3) is 0.412. The Morgan fingerprint density at radius 2 is 2.04 bits per heavy atom. The lowest BCUT2D eigenvalue weighted by molar-refractivity contribution is 0.339. The zero-order valence-corrected chi connectivity index (χ0v) is 14.2. The summed E-state index contributed by atoms with van der Waals surface area (Å²) in [7, 11) is 0. The Hall–Kier alpha value is -1.36. The summed E-state index contributed by atoms with van der Waals surface area (Å²) in [6.07, 6.45) is 5.54. The Labute approximate surface area is 144 Å². The summed E-state index contributed by atoms with van der Waals surface area (Å²) < 4.78 is 2.20. The molecule has 4 rings (SSSR count). The fourth-order valence-electron chi connectivity index (χ4n) is 3.43. The van der Waals surface area contributed by atoms with Crippen LogP contribution in [0.1, 0.15) is 19.3 Å². The second-order valence-corrected chi connectivity index (χ2v) is 6.98. The van der Waals surface area contributed by atoms with Crippen LogP contribution in [0.3, 0.4) is 0 Å². The Morgan fingerprint density at radius 1 is 1.22 bits per heavy atom. The van der Waals surface area contributed by atoms with E-state index in [0.29, 0.717) is 10.2 Å². The lowest BCUT2D eigenvalue weighted by Crippen LogP contribution is -2.28. The van der Waals surface area contributed by atoms with Crippen molar-refractivity contribution in [2.45, 2.75) is 25.8 Å². The van der Waals surface area contributed by atoms with Gasteiger partial charge in [-0.3, -0.25) is 0 Å². The van der Waals surface area contributed by atoms with Gasteiger partial charge in [0, 0.05) is 17.0 Å². The lowest BCUT2D eigenvalue weighted by atomic mass is 9.95. The van der Waals surface area contributed by atoms with E-state index in [9.17, 15) is 0 Å². The highest BCUT2D eigenvalue weighted by Gasteiger charge is 2.16. The number of hydrogen-bond acceptors (Lipinski definition) is 3. The van der Waals surface area contributed by atoms with Crippen molar-refractivity contribution in [3.63, 3.8) is 0 Å². The number of imidazole rings is 1. The largest absolute Gasteiger partial charge is 0.330 e. The van der Waals surface area contributed by atoms with Crippen molar-refractivity contribution in [2.75, 3.05) is 13.1 Å². The summed E-state index contributed by atoms with van der Waals surface area (Å²) in [5.74, 6) is 0.779. The van der Waals surface area contributed by atoms with Crippen molar-refractivity contribution in [3.05, 3.63) is 34.7 Å². The first-order chi connectivity index (χ1) is 11.2. The van der Waals surface area contributed by atoms with E-state index in [1.165, 1.54) is 12.8 Å².